The van der Waals surface area contributed by atoms with E-state index in [9.17, 15) is 18.7 Å². The van der Waals surface area contributed by atoms with Crippen molar-refractivity contribution in [2.45, 2.75) is 49.8 Å². The molecule has 2 saturated heterocycles. The van der Waals surface area contributed by atoms with Gasteiger partial charge in [-0.25, -0.2) is 13.8 Å². The maximum Gasteiger partial charge on any atom is 0.255 e. The summed E-state index contributed by atoms with van der Waals surface area (Å²) in [5.41, 5.74) is -0.356. The van der Waals surface area contributed by atoms with Gasteiger partial charge >= 0.3 is 0 Å². The number of piperidine rings is 1. The van der Waals surface area contributed by atoms with E-state index in [2.05, 4.69) is 4.98 Å². The Morgan fingerprint density at radius 3 is 2.52 bits per heavy atom. The van der Waals surface area contributed by atoms with Crippen molar-refractivity contribution in [1.29, 1.82) is 0 Å². The van der Waals surface area contributed by atoms with E-state index in [1.165, 1.54) is 18.3 Å². The van der Waals surface area contributed by atoms with Crippen LogP contribution in [0.2, 0.25) is 5.15 Å². The van der Waals surface area contributed by atoms with Gasteiger partial charge in [-0.3, -0.25) is 4.79 Å². The molecule has 0 saturated carbocycles. The fourth-order valence-corrected chi connectivity index (χ4v) is 4.58. The number of nitrogens with zero attached hydrogens (tertiary/aromatic N) is 2. The second-order valence-corrected chi connectivity index (χ2v) is 7.90. The Bertz CT molecular complexity index is 861. The van der Waals surface area contributed by atoms with Gasteiger partial charge in [-0.05, 0) is 49.4 Å². The summed E-state index contributed by atoms with van der Waals surface area (Å²) in [4.78, 5) is 18.7. The number of carbonyl (C=O) groups is 1. The largest absolute Gasteiger partial charge is 0.389 e. The van der Waals surface area contributed by atoms with Gasteiger partial charge < -0.3 is 10.0 Å². The van der Waals surface area contributed by atoms with E-state index in [0.717, 1.165) is 18.9 Å². The molecule has 0 spiro atoms. The maximum atomic E-state index is 14.0. The van der Waals surface area contributed by atoms with Crippen LogP contribution in [0.4, 0.5) is 8.78 Å². The van der Waals surface area contributed by atoms with Gasteiger partial charge in [0.1, 0.15) is 16.8 Å². The molecule has 1 N–H and O–H groups in total. The SMILES string of the molecule is O=C(c1ccc(Cl)nc1)N1C2CCC1CC(O)(Cc1ccc(F)cc1F)C2. The average Bonchev–Trinajstić information content (AvgIpc) is 2.90. The van der Waals surface area contributed by atoms with Crippen LogP contribution in [0.15, 0.2) is 36.5 Å². The van der Waals surface area contributed by atoms with Gasteiger partial charge in [-0.15, -0.1) is 0 Å². The number of carbonyl (C=O) groups excluding carboxylic acids is 1. The van der Waals surface area contributed by atoms with Crippen LogP contribution >= 0.6 is 11.6 Å². The second-order valence-electron chi connectivity index (χ2n) is 7.51. The van der Waals surface area contributed by atoms with Gasteiger partial charge in [0.05, 0.1) is 11.2 Å². The number of aromatic nitrogens is 1. The van der Waals surface area contributed by atoms with Gasteiger partial charge in [0.15, 0.2) is 0 Å². The van der Waals surface area contributed by atoms with Gasteiger partial charge in [0.2, 0.25) is 0 Å². The Balaban J connectivity index is 1.52. The normalized spacial score (nSPS) is 27.0. The van der Waals surface area contributed by atoms with Crippen LogP contribution in [0.1, 0.15) is 41.6 Å². The summed E-state index contributed by atoms with van der Waals surface area (Å²) >= 11 is 5.79. The van der Waals surface area contributed by atoms with Crippen molar-refractivity contribution in [1.82, 2.24) is 9.88 Å². The highest BCUT2D eigenvalue weighted by Crippen LogP contribution is 2.43. The van der Waals surface area contributed by atoms with E-state index in [4.69, 9.17) is 11.6 Å². The second kappa shape index (κ2) is 6.84. The summed E-state index contributed by atoms with van der Waals surface area (Å²) in [7, 11) is 0. The average molecular weight is 393 g/mol. The Morgan fingerprint density at radius 1 is 1.22 bits per heavy atom. The molecule has 1 amide bonds. The number of halogens is 3. The first-order valence-corrected chi connectivity index (χ1v) is 9.33. The Labute approximate surface area is 160 Å². The van der Waals surface area contributed by atoms with E-state index in [0.29, 0.717) is 29.1 Å². The first-order valence-electron chi connectivity index (χ1n) is 8.95. The first-order chi connectivity index (χ1) is 12.8. The topological polar surface area (TPSA) is 53.4 Å². The van der Waals surface area contributed by atoms with Crippen LogP contribution < -0.4 is 0 Å². The van der Waals surface area contributed by atoms with E-state index in [1.807, 2.05) is 4.90 Å². The zero-order chi connectivity index (χ0) is 19.2. The first kappa shape index (κ1) is 18.3. The van der Waals surface area contributed by atoms with E-state index in [1.54, 1.807) is 12.1 Å². The molecule has 2 fully saturated rings. The zero-order valence-electron chi connectivity index (χ0n) is 14.5. The third-order valence-corrected chi connectivity index (χ3v) is 5.82. The molecular weight excluding hydrogens is 374 g/mol. The number of benzene rings is 1. The lowest BCUT2D eigenvalue weighted by Gasteiger charge is -2.44. The maximum absolute atomic E-state index is 14.0. The quantitative estimate of drug-likeness (QED) is 0.809. The molecule has 3 heterocycles. The number of fused-ring (bicyclic) bond motifs is 2. The Kier molecular flexibility index (Phi) is 4.64. The molecule has 2 aromatic rings. The number of rotatable bonds is 3. The third kappa shape index (κ3) is 3.56. The van der Waals surface area contributed by atoms with Gasteiger partial charge in [-0.1, -0.05) is 17.7 Å². The number of amides is 1. The minimum Gasteiger partial charge on any atom is -0.389 e. The molecular formula is C20H19ClF2N2O2. The monoisotopic (exact) mass is 392 g/mol. The number of hydrogen-bond donors (Lipinski definition) is 1. The molecule has 2 unspecified atom stereocenters. The standard InChI is InChI=1S/C20H19ClF2N2O2/c21-18-6-2-13(11-24-18)19(26)25-15-4-5-16(25)10-20(27,9-15)8-12-1-3-14(22)7-17(12)23/h1-3,6-7,11,15-16,27H,4-5,8-10H2. The lowest BCUT2D eigenvalue weighted by Crippen LogP contribution is -2.54. The summed E-state index contributed by atoms with van der Waals surface area (Å²) in [6.45, 7) is 0. The molecule has 4 nitrogen and oxygen atoms in total. The predicted octanol–water partition coefficient (Wildman–Crippen LogP) is 3.75. The number of pyridine rings is 1. The van der Waals surface area contributed by atoms with E-state index < -0.39 is 17.2 Å². The molecule has 27 heavy (non-hydrogen) atoms. The van der Waals surface area contributed by atoms with Crippen LogP contribution in [0.25, 0.3) is 0 Å². The van der Waals surface area contributed by atoms with Crippen molar-refractivity contribution in [2.24, 2.45) is 0 Å². The molecule has 0 aliphatic carbocycles. The highest BCUT2D eigenvalue weighted by Gasteiger charge is 2.49. The Hall–Kier alpha value is -2.05. The summed E-state index contributed by atoms with van der Waals surface area (Å²) in [5.74, 6) is -1.41. The molecule has 1 aromatic heterocycles. The highest BCUT2D eigenvalue weighted by atomic mass is 35.5. The summed E-state index contributed by atoms with van der Waals surface area (Å²) in [5, 5.41) is 11.4. The van der Waals surface area contributed by atoms with Crippen molar-refractivity contribution in [2.75, 3.05) is 0 Å². The Morgan fingerprint density at radius 2 is 1.93 bits per heavy atom. The molecule has 0 radical (unpaired) electrons. The van der Waals surface area contributed by atoms with Crippen LogP contribution in [0, 0.1) is 11.6 Å². The van der Waals surface area contributed by atoms with E-state index >= 15 is 0 Å². The molecule has 2 aliphatic heterocycles. The molecule has 1 aromatic carbocycles. The lowest BCUT2D eigenvalue weighted by atomic mass is 9.81. The molecule has 7 heteroatoms. The molecule has 2 bridgehead atoms. The fraction of sp³-hybridized carbons (Fsp3) is 0.400. The minimum atomic E-state index is -1.11. The van der Waals surface area contributed by atoms with Crippen molar-refractivity contribution in [3.63, 3.8) is 0 Å². The molecule has 142 valence electrons. The molecule has 2 atom stereocenters. The van der Waals surface area contributed by atoms with Crippen LogP contribution in [-0.4, -0.2) is 38.6 Å². The zero-order valence-corrected chi connectivity index (χ0v) is 15.3. The van der Waals surface area contributed by atoms with Crippen LogP contribution in [0.5, 0.6) is 0 Å². The highest BCUT2D eigenvalue weighted by molar-refractivity contribution is 6.29. The third-order valence-electron chi connectivity index (χ3n) is 5.59. The van der Waals surface area contributed by atoms with Gasteiger partial charge in [-0.2, -0.15) is 0 Å². The lowest BCUT2D eigenvalue weighted by molar-refractivity contribution is -0.0431. The smallest absolute Gasteiger partial charge is 0.255 e. The van der Waals surface area contributed by atoms with E-state index in [-0.39, 0.29) is 24.4 Å². The summed E-state index contributed by atoms with van der Waals surface area (Å²) in [6, 6.07) is 6.41. The van der Waals surface area contributed by atoms with Gasteiger partial charge in [0, 0.05) is 30.8 Å². The summed E-state index contributed by atoms with van der Waals surface area (Å²) in [6.07, 6.45) is 3.90. The predicted molar refractivity (Wildman–Crippen MR) is 96.5 cm³/mol. The van der Waals surface area contributed by atoms with Crippen LogP contribution in [0.3, 0.4) is 0 Å². The fourth-order valence-electron chi connectivity index (χ4n) is 4.47. The van der Waals surface area contributed by atoms with Crippen molar-refractivity contribution >= 4 is 17.5 Å². The molecule has 4 rings (SSSR count). The van der Waals surface area contributed by atoms with Crippen molar-refractivity contribution < 1.29 is 18.7 Å². The van der Waals surface area contributed by atoms with Crippen LogP contribution in [-0.2, 0) is 6.42 Å². The number of hydrogen-bond acceptors (Lipinski definition) is 3. The minimum absolute atomic E-state index is 0.108. The molecule has 2 aliphatic rings. The van der Waals surface area contributed by atoms with Gasteiger partial charge in [0.25, 0.3) is 5.91 Å². The number of aliphatic hydroxyl groups is 1. The summed E-state index contributed by atoms with van der Waals surface area (Å²) < 4.78 is 27.1. The van der Waals surface area contributed by atoms with Crippen molar-refractivity contribution in [3.8, 4) is 0 Å². The van der Waals surface area contributed by atoms with Crippen molar-refractivity contribution in [3.05, 3.63) is 64.4 Å².